The van der Waals surface area contributed by atoms with Crippen molar-refractivity contribution in [2.24, 2.45) is 5.73 Å². The topological polar surface area (TPSA) is 103 Å². The summed E-state index contributed by atoms with van der Waals surface area (Å²) in [5, 5.41) is 20.8. The first kappa shape index (κ1) is 18.9. The Labute approximate surface area is 171 Å². The van der Waals surface area contributed by atoms with Crippen molar-refractivity contribution in [3.05, 3.63) is 87.4 Å². The Hall–Kier alpha value is -3.41. The summed E-state index contributed by atoms with van der Waals surface area (Å²) in [5.74, 6) is 0. The number of nitrogens with two attached hydrogens (primary N) is 1. The predicted molar refractivity (Wildman–Crippen MR) is 119 cm³/mol. The maximum Gasteiger partial charge on any atom is 0.256 e. The molecule has 3 aromatic carbocycles. The summed E-state index contributed by atoms with van der Waals surface area (Å²) in [7, 11) is 0. The lowest BCUT2D eigenvalue weighted by Gasteiger charge is -2.13. The maximum atomic E-state index is 12.8. The third-order valence-corrected chi connectivity index (χ3v) is 5.30. The first-order chi connectivity index (χ1) is 14.1. The molecule has 0 saturated carbocycles. The monoisotopic (exact) mass is 403 g/mol. The van der Waals surface area contributed by atoms with Crippen LogP contribution in [0.3, 0.4) is 0 Å². The van der Waals surface area contributed by atoms with E-state index in [2.05, 4.69) is 4.98 Å². The first-order valence-corrected chi connectivity index (χ1v) is 9.35. The molecule has 0 fully saturated rings. The normalized spacial score (nSPS) is 11.9. The quantitative estimate of drug-likeness (QED) is 0.299. The van der Waals surface area contributed by atoms with Gasteiger partial charge in [0, 0.05) is 34.8 Å². The molecule has 0 spiro atoms. The number of hydrogen-bond donors (Lipinski definition) is 4. The van der Waals surface area contributed by atoms with Gasteiger partial charge in [0.05, 0.1) is 12.0 Å². The van der Waals surface area contributed by atoms with E-state index < -0.39 is 0 Å². The number of nitrogens with one attached hydrogen (secondary N) is 2. The lowest BCUT2D eigenvalue weighted by atomic mass is 9.92. The Morgan fingerprint density at radius 2 is 1.97 bits per heavy atom. The Balaban J connectivity index is 2.17. The highest BCUT2D eigenvalue weighted by molar-refractivity contribution is 6.31. The molecular formula is C23H18ClN3O2. The van der Waals surface area contributed by atoms with Crippen LogP contribution < -0.4 is 11.3 Å². The van der Waals surface area contributed by atoms with Gasteiger partial charge in [0.15, 0.2) is 0 Å². The highest BCUT2D eigenvalue weighted by Gasteiger charge is 2.15. The van der Waals surface area contributed by atoms with Gasteiger partial charge < -0.3 is 21.2 Å². The van der Waals surface area contributed by atoms with Gasteiger partial charge in [-0.15, -0.1) is 0 Å². The average Bonchev–Trinajstić information content (AvgIpc) is 2.74. The predicted octanol–water partition coefficient (Wildman–Crippen LogP) is 4.44. The molecule has 1 heterocycles. The van der Waals surface area contributed by atoms with Crippen LogP contribution in [0.15, 0.2) is 65.7 Å². The molecule has 0 atom stereocenters. The second-order valence-corrected chi connectivity index (χ2v) is 7.12. The van der Waals surface area contributed by atoms with E-state index in [1.54, 1.807) is 12.3 Å². The van der Waals surface area contributed by atoms with Crippen LogP contribution in [0.2, 0.25) is 5.02 Å². The van der Waals surface area contributed by atoms with Gasteiger partial charge in [-0.1, -0.05) is 35.9 Å². The number of pyridine rings is 1. The highest BCUT2D eigenvalue weighted by Crippen LogP contribution is 2.35. The summed E-state index contributed by atoms with van der Waals surface area (Å²) in [5.41, 5.74) is 9.05. The van der Waals surface area contributed by atoms with Crippen molar-refractivity contribution in [3.63, 3.8) is 0 Å². The first-order valence-electron chi connectivity index (χ1n) is 8.98. The number of halogens is 1. The highest BCUT2D eigenvalue weighted by atomic mass is 35.5. The number of hydrogen-bond acceptors (Lipinski definition) is 4. The van der Waals surface area contributed by atoms with Crippen LogP contribution in [0.1, 0.15) is 11.1 Å². The van der Waals surface area contributed by atoms with Crippen molar-refractivity contribution >= 4 is 44.9 Å². The fourth-order valence-electron chi connectivity index (χ4n) is 3.68. The summed E-state index contributed by atoms with van der Waals surface area (Å²) in [4.78, 5) is 15.7. The number of aliphatic hydroxyl groups excluding tert-OH is 1. The van der Waals surface area contributed by atoms with Crippen LogP contribution in [-0.4, -0.2) is 16.3 Å². The number of rotatable bonds is 4. The fourth-order valence-corrected chi connectivity index (χ4v) is 3.87. The second-order valence-electron chi connectivity index (χ2n) is 6.68. The molecule has 1 aromatic heterocycles. The molecule has 6 heteroatoms. The molecule has 4 aromatic rings. The Kier molecular flexibility index (Phi) is 4.92. The van der Waals surface area contributed by atoms with E-state index in [9.17, 15) is 9.90 Å². The van der Waals surface area contributed by atoms with Crippen LogP contribution in [-0.2, 0) is 6.61 Å². The van der Waals surface area contributed by atoms with Gasteiger partial charge in [-0.05, 0) is 57.1 Å². The second kappa shape index (κ2) is 7.54. The third kappa shape index (κ3) is 3.20. The zero-order valence-corrected chi connectivity index (χ0v) is 16.1. The van der Waals surface area contributed by atoms with E-state index in [1.807, 2.05) is 42.5 Å². The zero-order chi connectivity index (χ0) is 20.5. The number of aromatic amines is 1. The van der Waals surface area contributed by atoms with E-state index in [1.165, 1.54) is 12.4 Å². The molecular weight excluding hydrogens is 386 g/mol. The van der Waals surface area contributed by atoms with Crippen molar-refractivity contribution < 1.29 is 5.11 Å². The van der Waals surface area contributed by atoms with Gasteiger partial charge in [-0.25, -0.2) is 0 Å². The number of benzene rings is 3. The van der Waals surface area contributed by atoms with Gasteiger partial charge in [0.1, 0.15) is 0 Å². The summed E-state index contributed by atoms with van der Waals surface area (Å²) in [6.07, 6.45) is 4.19. The van der Waals surface area contributed by atoms with E-state index in [0.29, 0.717) is 26.9 Å². The van der Waals surface area contributed by atoms with Crippen LogP contribution in [0.4, 0.5) is 0 Å². The van der Waals surface area contributed by atoms with Gasteiger partial charge in [-0.3, -0.25) is 4.79 Å². The van der Waals surface area contributed by atoms with Crippen molar-refractivity contribution in [2.45, 2.75) is 6.61 Å². The molecule has 29 heavy (non-hydrogen) atoms. The van der Waals surface area contributed by atoms with Crippen molar-refractivity contribution in [1.29, 1.82) is 5.41 Å². The van der Waals surface area contributed by atoms with E-state index in [4.69, 9.17) is 22.7 Å². The Bertz CT molecular complexity index is 1360. The smallest absolute Gasteiger partial charge is 0.256 e. The molecule has 0 unspecified atom stereocenters. The largest absolute Gasteiger partial charge is 0.404 e. The fraction of sp³-hybridized carbons (Fsp3) is 0.0435. The standard InChI is InChI=1S/C23H18ClN3O2/c24-17-3-1-2-14(6-17)21-11-27-23(29)22-19-7-13(16(9-25)10-26)4-5-18(19)15(12-28)8-20(21)22/h1-11,25,28H,12,26H2,(H,27,29)/b16-10+,25-9?. The number of aliphatic hydroxyl groups is 1. The molecule has 0 amide bonds. The third-order valence-electron chi connectivity index (χ3n) is 5.06. The summed E-state index contributed by atoms with van der Waals surface area (Å²) in [6.45, 7) is -0.169. The molecule has 0 aliphatic rings. The lowest BCUT2D eigenvalue weighted by Crippen LogP contribution is -2.08. The minimum atomic E-state index is -0.231. The van der Waals surface area contributed by atoms with Crippen LogP contribution in [0, 0.1) is 5.41 Å². The van der Waals surface area contributed by atoms with Gasteiger partial charge >= 0.3 is 0 Å². The molecule has 0 saturated heterocycles. The molecule has 0 bridgehead atoms. The van der Waals surface area contributed by atoms with Crippen molar-refractivity contribution in [3.8, 4) is 11.1 Å². The number of aromatic nitrogens is 1. The summed E-state index contributed by atoms with van der Waals surface area (Å²) in [6, 6.07) is 14.7. The van der Waals surface area contributed by atoms with Gasteiger partial charge in [0.25, 0.3) is 5.56 Å². The Morgan fingerprint density at radius 3 is 2.66 bits per heavy atom. The summed E-state index contributed by atoms with van der Waals surface area (Å²) >= 11 is 6.17. The van der Waals surface area contributed by atoms with E-state index >= 15 is 0 Å². The van der Waals surface area contributed by atoms with Crippen molar-refractivity contribution in [1.82, 2.24) is 4.98 Å². The summed E-state index contributed by atoms with van der Waals surface area (Å²) < 4.78 is 0. The number of allylic oxidation sites excluding steroid dienone is 1. The maximum absolute atomic E-state index is 12.8. The average molecular weight is 404 g/mol. The van der Waals surface area contributed by atoms with Gasteiger partial charge in [-0.2, -0.15) is 0 Å². The minimum Gasteiger partial charge on any atom is -0.404 e. The van der Waals surface area contributed by atoms with Crippen LogP contribution in [0.5, 0.6) is 0 Å². The molecule has 4 rings (SSSR count). The lowest BCUT2D eigenvalue weighted by molar-refractivity contribution is 0.283. The van der Waals surface area contributed by atoms with E-state index in [-0.39, 0.29) is 12.2 Å². The molecule has 0 radical (unpaired) electrons. The zero-order valence-electron chi connectivity index (χ0n) is 15.4. The van der Waals surface area contributed by atoms with Gasteiger partial charge in [0.2, 0.25) is 0 Å². The van der Waals surface area contributed by atoms with E-state index in [0.717, 1.165) is 27.5 Å². The molecule has 0 aliphatic carbocycles. The number of fused-ring (bicyclic) bond motifs is 3. The molecule has 0 aliphatic heterocycles. The molecule has 144 valence electrons. The number of H-pyrrole nitrogens is 1. The Morgan fingerprint density at radius 1 is 1.14 bits per heavy atom. The minimum absolute atomic E-state index is 0.169. The SMILES string of the molecule is N=C/C(=C\N)c1ccc2c(CO)cc3c(-c4cccc(Cl)c4)c[nH]c(=O)c3c2c1. The molecule has 5 nitrogen and oxygen atoms in total. The van der Waals surface area contributed by atoms with Crippen LogP contribution in [0.25, 0.3) is 38.2 Å². The molecule has 5 N–H and O–H groups in total. The van der Waals surface area contributed by atoms with Crippen LogP contribution >= 0.6 is 11.6 Å². The van der Waals surface area contributed by atoms with Crippen molar-refractivity contribution in [2.75, 3.05) is 0 Å².